The van der Waals surface area contributed by atoms with Crippen molar-refractivity contribution in [2.45, 2.75) is 63.5 Å². The zero-order valence-corrected chi connectivity index (χ0v) is 10.5. The molecule has 1 unspecified atom stereocenters. The molecule has 0 radical (unpaired) electrons. The quantitative estimate of drug-likeness (QED) is 0.782. The number of rotatable bonds is 5. The Morgan fingerprint density at radius 2 is 2.24 bits per heavy atom. The van der Waals surface area contributed by atoms with E-state index in [1.165, 1.54) is 50.6 Å². The summed E-state index contributed by atoms with van der Waals surface area (Å²) in [7, 11) is 0. The minimum Gasteiger partial charge on any atom is -0.378 e. The highest BCUT2D eigenvalue weighted by molar-refractivity contribution is 5.12. The molecule has 1 aromatic heterocycles. The molecule has 3 rings (SSSR count). The topological polar surface area (TPSA) is 27.1 Å². The Morgan fingerprint density at radius 1 is 1.29 bits per heavy atom. The Kier molecular flexibility index (Phi) is 3.46. The van der Waals surface area contributed by atoms with E-state index in [1.54, 1.807) is 0 Å². The summed E-state index contributed by atoms with van der Waals surface area (Å²) in [6.45, 7) is 2.09. The van der Waals surface area contributed by atoms with Gasteiger partial charge in [-0.25, -0.2) is 4.98 Å². The van der Waals surface area contributed by atoms with Crippen molar-refractivity contribution in [3.05, 3.63) is 18.2 Å². The van der Waals surface area contributed by atoms with Crippen molar-refractivity contribution < 1.29 is 4.74 Å². The molecule has 1 saturated heterocycles. The van der Waals surface area contributed by atoms with Crippen LogP contribution in [0.1, 0.15) is 56.6 Å². The van der Waals surface area contributed by atoms with E-state index in [-0.39, 0.29) is 0 Å². The maximum atomic E-state index is 5.76. The fourth-order valence-electron chi connectivity index (χ4n) is 2.76. The molecule has 3 heteroatoms. The van der Waals surface area contributed by atoms with Crippen molar-refractivity contribution in [2.75, 3.05) is 6.61 Å². The first-order valence-electron chi connectivity index (χ1n) is 7.05. The fraction of sp³-hybridized carbons (Fsp3) is 0.786. The van der Waals surface area contributed by atoms with Crippen molar-refractivity contribution >= 4 is 0 Å². The molecule has 3 nitrogen and oxygen atoms in total. The van der Waals surface area contributed by atoms with E-state index < -0.39 is 0 Å². The van der Waals surface area contributed by atoms with Gasteiger partial charge in [0.1, 0.15) is 0 Å². The molecule has 94 valence electrons. The van der Waals surface area contributed by atoms with Crippen molar-refractivity contribution in [1.29, 1.82) is 0 Å². The molecule has 0 spiro atoms. The number of nitrogens with zero attached hydrogens (tertiary/aromatic N) is 2. The second-order valence-corrected chi connectivity index (χ2v) is 5.42. The number of aryl methyl sites for hydroxylation is 1. The van der Waals surface area contributed by atoms with Crippen molar-refractivity contribution in [2.24, 2.45) is 0 Å². The van der Waals surface area contributed by atoms with Gasteiger partial charge in [-0.1, -0.05) is 0 Å². The van der Waals surface area contributed by atoms with Gasteiger partial charge in [0.15, 0.2) is 0 Å². The van der Waals surface area contributed by atoms with Crippen LogP contribution in [0, 0.1) is 0 Å². The van der Waals surface area contributed by atoms with Crippen LogP contribution in [0.3, 0.4) is 0 Å². The van der Waals surface area contributed by atoms with Gasteiger partial charge < -0.3 is 9.30 Å². The average Bonchev–Trinajstić information content (AvgIpc) is 3.11. The monoisotopic (exact) mass is 234 g/mol. The SMILES string of the molecule is c1ncn(CCCC2CCCCO2)c1C1CC1. The van der Waals surface area contributed by atoms with Crippen LogP contribution in [0.5, 0.6) is 0 Å². The Morgan fingerprint density at radius 3 is 3.00 bits per heavy atom. The molecule has 1 aromatic rings. The highest BCUT2D eigenvalue weighted by Gasteiger charge is 2.26. The number of hydrogen-bond donors (Lipinski definition) is 0. The maximum absolute atomic E-state index is 5.76. The van der Waals surface area contributed by atoms with Gasteiger partial charge in [0.05, 0.1) is 12.4 Å². The second-order valence-electron chi connectivity index (χ2n) is 5.42. The highest BCUT2D eigenvalue weighted by atomic mass is 16.5. The third kappa shape index (κ3) is 2.89. The molecular weight excluding hydrogens is 212 g/mol. The third-order valence-corrected chi connectivity index (χ3v) is 3.94. The Labute approximate surface area is 103 Å². The summed E-state index contributed by atoms with van der Waals surface area (Å²) in [5, 5.41) is 0. The van der Waals surface area contributed by atoms with Gasteiger partial charge in [0.2, 0.25) is 0 Å². The van der Waals surface area contributed by atoms with E-state index in [4.69, 9.17) is 4.74 Å². The minimum absolute atomic E-state index is 0.525. The van der Waals surface area contributed by atoms with Gasteiger partial charge in [-0.15, -0.1) is 0 Å². The predicted molar refractivity (Wildman–Crippen MR) is 67.0 cm³/mol. The van der Waals surface area contributed by atoms with Crippen molar-refractivity contribution in [3.63, 3.8) is 0 Å². The van der Waals surface area contributed by atoms with Gasteiger partial charge in [-0.05, 0) is 44.9 Å². The Bertz CT molecular complexity index is 351. The van der Waals surface area contributed by atoms with Gasteiger partial charge in [-0.2, -0.15) is 0 Å². The van der Waals surface area contributed by atoms with Crippen LogP contribution in [-0.4, -0.2) is 22.3 Å². The summed E-state index contributed by atoms with van der Waals surface area (Å²) < 4.78 is 8.11. The zero-order chi connectivity index (χ0) is 11.5. The summed E-state index contributed by atoms with van der Waals surface area (Å²) in [6, 6.07) is 0. The predicted octanol–water partition coefficient (Wildman–Crippen LogP) is 3.11. The zero-order valence-electron chi connectivity index (χ0n) is 10.5. The third-order valence-electron chi connectivity index (χ3n) is 3.94. The van der Waals surface area contributed by atoms with Crippen LogP contribution in [0.2, 0.25) is 0 Å². The summed E-state index contributed by atoms with van der Waals surface area (Å²) in [6.07, 6.45) is 13.6. The lowest BCUT2D eigenvalue weighted by Gasteiger charge is -2.22. The lowest BCUT2D eigenvalue weighted by Crippen LogP contribution is -2.19. The number of ether oxygens (including phenoxy) is 1. The van der Waals surface area contributed by atoms with Gasteiger partial charge in [0.25, 0.3) is 0 Å². The van der Waals surface area contributed by atoms with Gasteiger partial charge >= 0.3 is 0 Å². The summed E-state index contributed by atoms with van der Waals surface area (Å²) in [5.74, 6) is 0.809. The van der Waals surface area contributed by atoms with Crippen LogP contribution < -0.4 is 0 Å². The lowest BCUT2D eigenvalue weighted by atomic mass is 10.0. The first-order valence-corrected chi connectivity index (χ1v) is 7.05. The molecule has 17 heavy (non-hydrogen) atoms. The molecule has 2 fully saturated rings. The molecule has 0 amide bonds. The minimum atomic E-state index is 0.525. The summed E-state index contributed by atoms with van der Waals surface area (Å²) in [5.41, 5.74) is 1.45. The van der Waals surface area contributed by atoms with E-state index in [0.29, 0.717) is 6.10 Å². The molecule has 1 aliphatic heterocycles. The average molecular weight is 234 g/mol. The lowest BCUT2D eigenvalue weighted by molar-refractivity contribution is 0.00950. The smallest absolute Gasteiger partial charge is 0.0948 e. The molecule has 1 atom stereocenters. The van der Waals surface area contributed by atoms with Crippen molar-refractivity contribution in [1.82, 2.24) is 9.55 Å². The van der Waals surface area contributed by atoms with Gasteiger partial charge in [0, 0.05) is 31.0 Å². The molecule has 1 saturated carbocycles. The van der Waals surface area contributed by atoms with Crippen LogP contribution in [-0.2, 0) is 11.3 Å². The van der Waals surface area contributed by atoms with E-state index in [0.717, 1.165) is 19.1 Å². The van der Waals surface area contributed by atoms with E-state index in [9.17, 15) is 0 Å². The van der Waals surface area contributed by atoms with Crippen LogP contribution in [0.4, 0.5) is 0 Å². The Balaban J connectivity index is 1.45. The summed E-state index contributed by atoms with van der Waals surface area (Å²) in [4.78, 5) is 4.28. The highest BCUT2D eigenvalue weighted by Crippen LogP contribution is 2.39. The number of hydrogen-bond acceptors (Lipinski definition) is 2. The molecular formula is C14H22N2O. The molecule has 2 heterocycles. The Hall–Kier alpha value is -0.830. The normalized spacial score (nSPS) is 25.1. The van der Waals surface area contributed by atoms with Crippen molar-refractivity contribution in [3.8, 4) is 0 Å². The second kappa shape index (κ2) is 5.21. The van der Waals surface area contributed by atoms with E-state index >= 15 is 0 Å². The van der Waals surface area contributed by atoms with Gasteiger partial charge in [-0.3, -0.25) is 0 Å². The first kappa shape index (κ1) is 11.3. The maximum Gasteiger partial charge on any atom is 0.0948 e. The van der Waals surface area contributed by atoms with E-state index in [1.807, 2.05) is 6.33 Å². The molecule has 0 aromatic carbocycles. The van der Waals surface area contributed by atoms with Crippen LogP contribution in [0.25, 0.3) is 0 Å². The van der Waals surface area contributed by atoms with E-state index in [2.05, 4.69) is 15.7 Å². The molecule has 2 aliphatic rings. The largest absolute Gasteiger partial charge is 0.378 e. The number of aromatic nitrogens is 2. The summed E-state index contributed by atoms with van der Waals surface area (Å²) >= 11 is 0. The molecule has 0 bridgehead atoms. The molecule has 1 aliphatic carbocycles. The fourth-order valence-corrected chi connectivity index (χ4v) is 2.76. The standard InChI is InChI=1S/C14H22N2O/c1-2-9-17-13(4-1)5-3-8-16-11-15-10-14(16)12-6-7-12/h10-13H,1-9H2. The first-order chi connectivity index (χ1) is 8.43. The number of imidazole rings is 1. The van der Waals surface area contributed by atoms with Crippen LogP contribution in [0.15, 0.2) is 12.5 Å². The molecule has 0 N–H and O–H groups in total. The van der Waals surface area contributed by atoms with Crippen LogP contribution >= 0.6 is 0 Å².